The lowest BCUT2D eigenvalue weighted by Crippen LogP contribution is -2.49. The summed E-state index contributed by atoms with van der Waals surface area (Å²) in [4.78, 5) is 2.65. The van der Waals surface area contributed by atoms with Gasteiger partial charge >= 0.3 is 0 Å². The van der Waals surface area contributed by atoms with Crippen molar-refractivity contribution in [1.29, 1.82) is 0 Å². The van der Waals surface area contributed by atoms with Crippen LogP contribution in [0.25, 0.3) is 0 Å². The molecule has 2 saturated heterocycles. The van der Waals surface area contributed by atoms with Gasteiger partial charge in [0.15, 0.2) is 0 Å². The molecule has 4 rings (SSSR count). The first-order chi connectivity index (χ1) is 12.3. The third-order valence-corrected chi connectivity index (χ3v) is 6.47. The second-order valence-electron chi connectivity index (χ2n) is 8.04. The van der Waals surface area contributed by atoms with Crippen LogP contribution >= 0.6 is 0 Å². The molecule has 25 heavy (non-hydrogen) atoms. The van der Waals surface area contributed by atoms with E-state index < -0.39 is 0 Å². The Bertz CT molecular complexity index is 669. The fourth-order valence-corrected chi connectivity index (χ4v) is 4.84. The molecule has 132 valence electrons. The summed E-state index contributed by atoms with van der Waals surface area (Å²) >= 11 is 0. The number of likely N-dealkylation sites (tertiary alicyclic amines) is 1. The van der Waals surface area contributed by atoms with Crippen LogP contribution in [0.3, 0.4) is 0 Å². The molecule has 1 unspecified atom stereocenters. The quantitative estimate of drug-likeness (QED) is 0.897. The van der Waals surface area contributed by atoms with Gasteiger partial charge in [0.05, 0.1) is 0 Å². The van der Waals surface area contributed by atoms with Gasteiger partial charge in [-0.15, -0.1) is 0 Å². The number of hydrogen-bond donors (Lipinski definition) is 1. The molecule has 2 nitrogen and oxygen atoms in total. The van der Waals surface area contributed by atoms with Crippen molar-refractivity contribution in [3.8, 4) is 0 Å². The lowest BCUT2D eigenvalue weighted by atomic mass is 9.62. The molecule has 0 aliphatic carbocycles. The van der Waals surface area contributed by atoms with E-state index in [1.807, 2.05) is 0 Å². The second kappa shape index (κ2) is 7.31. The highest BCUT2D eigenvalue weighted by Crippen LogP contribution is 2.48. The van der Waals surface area contributed by atoms with Crippen LogP contribution in [0.5, 0.6) is 0 Å². The molecule has 2 heterocycles. The van der Waals surface area contributed by atoms with Gasteiger partial charge in [0.25, 0.3) is 0 Å². The highest BCUT2D eigenvalue weighted by atomic mass is 15.1. The van der Waals surface area contributed by atoms with E-state index in [2.05, 4.69) is 71.7 Å². The minimum atomic E-state index is 0.494. The first kappa shape index (κ1) is 16.8. The van der Waals surface area contributed by atoms with Crippen LogP contribution in [0.4, 0.5) is 0 Å². The zero-order chi connectivity index (χ0) is 17.1. The molecule has 1 spiro atoms. The van der Waals surface area contributed by atoms with Gasteiger partial charge in [0.1, 0.15) is 0 Å². The summed E-state index contributed by atoms with van der Waals surface area (Å²) in [6.45, 7) is 8.07. The Balaban J connectivity index is 1.46. The van der Waals surface area contributed by atoms with Crippen molar-refractivity contribution < 1.29 is 0 Å². The highest BCUT2D eigenvalue weighted by molar-refractivity contribution is 5.28. The van der Waals surface area contributed by atoms with Crippen molar-refractivity contribution in [2.45, 2.75) is 38.6 Å². The number of piperidine rings is 2. The Morgan fingerprint density at radius 1 is 0.960 bits per heavy atom. The Hall–Kier alpha value is -1.64. The van der Waals surface area contributed by atoms with Crippen LogP contribution in [0.2, 0.25) is 0 Å². The zero-order valence-corrected chi connectivity index (χ0v) is 15.4. The number of nitrogens with one attached hydrogen (secondary N) is 1. The van der Waals surface area contributed by atoms with Crippen LogP contribution in [0.15, 0.2) is 54.6 Å². The molecule has 2 aromatic carbocycles. The Labute approximate surface area is 152 Å². The first-order valence-electron chi connectivity index (χ1n) is 9.79. The third kappa shape index (κ3) is 3.65. The lowest BCUT2D eigenvalue weighted by Gasteiger charge is -2.50. The monoisotopic (exact) mass is 334 g/mol. The Morgan fingerprint density at radius 3 is 2.40 bits per heavy atom. The smallest absolute Gasteiger partial charge is 0.0233 e. The largest absolute Gasteiger partial charge is 0.316 e. The number of nitrogens with zero attached hydrogens (tertiary/aromatic N) is 1. The first-order valence-corrected chi connectivity index (χ1v) is 9.79. The number of rotatable bonds is 3. The fraction of sp³-hybridized carbons (Fsp3) is 0.478. The molecule has 2 aromatic rings. The van der Waals surface area contributed by atoms with Gasteiger partial charge in [0.2, 0.25) is 0 Å². The summed E-state index contributed by atoms with van der Waals surface area (Å²) in [5.41, 5.74) is 4.83. The van der Waals surface area contributed by atoms with Gasteiger partial charge in [-0.3, -0.25) is 4.90 Å². The van der Waals surface area contributed by atoms with Crippen molar-refractivity contribution in [2.75, 3.05) is 26.2 Å². The summed E-state index contributed by atoms with van der Waals surface area (Å²) in [6, 6.07) is 20.2. The maximum absolute atomic E-state index is 3.66. The zero-order valence-electron chi connectivity index (χ0n) is 15.4. The summed E-state index contributed by atoms with van der Waals surface area (Å²) in [7, 11) is 0. The van der Waals surface area contributed by atoms with Crippen molar-refractivity contribution in [1.82, 2.24) is 10.2 Å². The standard InChI is InChI=1S/C23H30N2/c1-19-7-9-21(10-8-19)22-17-24-14-11-23(22)12-15-25(16-13-23)18-20-5-3-2-4-6-20/h2-10,22,24H,11-18H2,1H3. The summed E-state index contributed by atoms with van der Waals surface area (Å²) in [5.74, 6) is 0.667. The molecule has 2 aliphatic rings. The van der Waals surface area contributed by atoms with Crippen LogP contribution < -0.4 is 5.32 Å². The number of aryl methyl sites for hydroxylation is 1. The van der Waals surface area contributed by atoms with Gasteiger partial charge < -0.3 is 5.32 Å². The maximum Gasteiger partial charge on any atom is 0.0233 e. The molecule has 0 amide bonds. The average molecular weight is 335 g/mol. The molecule has 0 bridgehead atoms. The van der Waals surface area contributed by atoms with Gasteiger partial charge in [0, 0.05) is 19.0 Å². The highest BCUT2D eigenvalue weighted by Gasteiger charge is 2.43. The Kier molecular flexibility index (Phi) is 4.91. The number of benzene rings is 2. The van der Waals surface area contributed by atoms with Crippen LogP contribution in [0, 0.1) is 12.3 Å². The second-order valence-corrected chi connectivity index (χ2v) is 8.04. The van der Waals surface area contributed by atoms with Gasteiger partial charge in [-0.05, 0) is 62.4 Å². The summed E-state index contributed by atoms with van der Waals surface area (Å²) in [6.07, 6.45) is 3.99. The van der Waals surface area contributed by atoms with Crippen molar-refractivity contribution >= 4 is 0 Å². The minimum absolute atomic E-state index is 0.494. The van der Waals surface area contributed by atoms with E-state index in [0.717, 1.165) is 13.1 Å². The molecular weight excluding hydrogens is 304 g/mol. The summed E-state index contributed by atoms with van der Waals surface area (Å²) < 4.78 is 0. The van der Waals surface area contributed by atoms with E-state index in [1.165, 1.54) is 55.6 Å². The van der Waals surface area contributed by atoms with E-state index in [-0.39, 0.29) is 0 Å². The predicted molar refractivity (Wildman–Crippen MR) is 105 cm³/mol. The maximum atomic E-state index is 3.66. The third-order valence-electron chi connectivity index (χ3n) is 6.47. The van der Waals surface area contributed by atoms with Crippen molar-refractivity contribution in [3.05, 3.63) is 71.3 Å². The van der Waals surface area contributed by atoms with Crippen LogP contribution in [-0.4, -0.2) is 31.1 Å². The molecular formula is C23H30N2. The molecule has 2 fully saturated rings. The molecule has 1 atom stereocenters. The molecule has 0 aromatic heterocycles. The Morgan fingerprint density at radius 2 is 1.68 bits per heavy atom. The van der Waals surface area contributed by atoms with Crippen molar-refractivity contribution in [3.63, 3.8) is 0 Å². The van der Waals surface area contributed by atoms with E-state index in [4.69, 9.17) is 0 Å². The molecule has 2 aliphatic heterocycles. The van der Waals surface area contributed by atoms with Crippen molar-refractivity contribution in [2.24, 2.45) is 5.41 Å². The van der Waals surface area contributed by atoms with E-state index in [9.17, 15) is 0 Å². The average Bonchev–Trinajstić information content (AvgIpc) is 2.66. The van der Waals surface area contributed by atoms with Gasteiger partial charge in [-0.1, -0.05) is 60.2 Å². The van der Waals surface area contributed by atoms with Gasteiger partial charge in [-0.2, -0.15) is 0 Å². The van der Waals surface area contributed by atoms with Crippen LogP contribution in [-0.2, 0) is 6.54 Å². The topological polar surface area (TPSA) is 15.3 Å². The lowest BCUT2D eigenvalue weighted by molar-refractivity contribution is 0.0505. The van der Waals surface area contributed by atoms with E-state index in [0.29, 0.717) is 11.3 Å². The molecule has 0 radical (unpaired) electrons. The minimum Gasteiger partial charge on any atom is -0.316 e. The SMILES string of the molecule is Cc1ccc(C2CNCCC23CCN(Cc2ccccc2)CC3)cc1. The van der Waals surface area contributed by atoms with Gasteiger partial charge in [-0.25, -0.2) is 0 Å². The normalized spacial score (nSPS) is 23.6. The predicted octanol–water partition coefficient (Wildman–Crippen LogP) is 4.35. The van der Waals surface area contributed by atoms with E-state index >= 15 is 0 Å². The van der Waals surface area contributed by atoms with E-state index in [1.54, 1.807) is 0 Å². The fourth-order valence-electron chi connectivity index (χ4n) is 4.84. The molecule has 1 N–H and O–H groups in total. The van der Waals surface area contributed by atoms with Crippen LogP contribution in [0.1, 0.15) is 41.9 Å². The molecule has 0 saturated carbocycles. The number of hydrogen-bond acceptors (Lipinski definition) is 2. The molecule has 2 heteroatoms. The summed E-state index contributed by atoms with van der Waals surface area (Å²) in [5, 5.41) is 3.66.